The summed E-state index contributed by atoms with van der Waals surface area (Å²) in [5.74, 6) is -0.894. The minimum atomic E-state index is -0.894. The molecule has 1 aliphatic rings. The molecule has 1 unspecified atom stereocenters. The van der Waals surface area contributed by atoms with Crippen LogP contribution >= 0.6 is 0 Å². The van der Waals surface area contributed by atoms with E-state index in [0.29, 0.717) is 19.5 Å². The van der Waals surface area contributed by atoms with Gasteiger partial charge >= 0.3 is 12.0 Å². The highest BCUT2D eigenvalue weighted by Gasteiger charge is 2.32. The zero-order valence-corrected chi connectivity index (χ0v) is 12.4. The Bertz CT molecular complexity index is 331. The summed E-state index contributed by atoms with van der Waals surface area (Å²) in [5.41, 5.74) is 0. The molecular formula is C14H26N2O4. The van der Waals surface area contributed by atoms with Crippen molar-refractivity contribution in [1.29, 1.82) is 0 Å². The predicted molar refractivity (Wildman–Crippen MR) is 75.5 cm³/mol. The van der Waals surface area contributed by atoms with Crippen LogP contribution in [0.4, 0.5) is 4.79 Å². The molecular weight excluding hydrogens is 260 g/mol. The van der Waals surface area contributed by atoms with Crippen molar-refractivity contribution in [3.05, 3.63) is 0 Å². The van der Waals surface area contributed by atoms with Gasteiger partial charge in [0.15, 0.2) is 0 Å². The first-order valence-corrected chi connectivity index (χ1v) is 7.41. The van der Waals surface area contributed by atoms with Crippen molar-refractivity contribution in [3.63, 3.8) is 0 Å². The lowest BCUT2D eigenvalue weighted by molar-refractivity contribution is -0.138. The molecule has 1 atom stereocenters. The van der Waals surface area contributed by atoms with Crippen LogP contribution in [0.3, 0.4) is 0 Å². The van der Waals surface area contributed by atoms with Crippen LogP contribution in [-0.4, -0.2) is 63.8 Å². The summed E-state index contributed by atoms with van der Waals surface area (Å²) in [7, 11) is 0. The van der Waals surface area contributed by atoms with Crippen molar-refractivity contribution < 1.29 is 19.8 Å². The van der Waals surface area contributed by atoms with Gasteiger partial charge in [0.1, 0.15) is 0 Å². The molecule has 1 fully saturated rings. The van der Waals surface area contributed by atoms with E-state index in [0.717, 1.165) is 19.3 Å². The minimum Gasteiger partial charge on any atom is -0.481 e. The van der Waals surface area contributed by atoms with E-state index in [1.165, 1.54) is 0 Å². The average molecular weight is 286 g/mol. The molecule has 0 saturated heterocycles. The zero-order valence-electron chi connectivity index (χ0n) is 12.4. The van der Waals surface area contributed by atoms with Gasteiger partial charge in [-0.15, -0.1) is 0 Å². The van der Waals surface area contributed by atoms with Gasteiger partial charge in [-0.1, -0.05) is 0 Å². The monoisotopic (exact) mass is 286 g/mol. The molecule has 2 amide bonds. The summed E-state index contributed by atoms with van der Waals surface area (Å²) in [4.78, 5) is 26.8. The number of rotatable bonds is 8. The maximum absolute atomic E-state index is 12.6. The van der Waals surface area contributed by atoms with E-state index in [1.54, 1.807) is 11.8 Å². The Kier molecular flexibility index (Phi) is 6.78. The lowest BCUT2D eigenvalue weighted by Crippen LogP contribution is -2.53. The van der Waals surface area contributed by atoms with E-state index >= 15 is 0 Å². The highest BCUT2D eigenvalue weighted by Crippen LogP contribution is 2.26. The van der Waals surface area contributed by atoms with Crippen LogP contribution in [0, 0.1) is 0 Å². The standard InChI is InChI=1S/C14H26N2O4/c1-3-15(11(2)10-13(18)19)14(20)16(8-5-9-17)12-6-4-7-12/h11-12,17H,3-10H2,1-2H3,(H,18,19). The van der Waals surface area contributed by atoms with Gasteiger partial charge < -0.3 is 20.0 Å². The van der Waals surface area contributed by atoms with Gasteiger partial charge in [-0.25, -0.2) is 4.79 Å². The molecule has 2 N–H and O–H groups in total. The van der Waals surface area contributed by atoms with Crippen molar-refractivity contribution in [2.75, 3.05) is 19.7 Å². The first-order valence-electron chi connectivity index (χ1n) is 7.41. The number of carbonyl (C=O) groups excluding carboxylic acids is 1. The van der Waals surface area contributed by atoms with E-state index in [4.69, 9.17) is 10.2 Å². The van der Waals surface area contributed by atoms with E-state index in [2.05, 4.69) is 0 Å². The smallest absolute Gasteiger partial charge is 0.320 e. The average Bonchev–Trinajstić information content (AvgIpc) is 2.31. The van der Waals surface area contributed by atoms with Crippen molar-refractivity contribution in [2.24, 2.45) is 0 Å². The fourth-order valence-electron chi connectivity index (χ4n) is 2.54. The number of carboxylic acids is 1. The second-order valence-corrected chi connectivity index (χ2v) is 5.37. The number of urea groups is 1. The van der Waals surface area contributed by atoms with Crippen LogP contribution in [0.5, 0.6) is 0 Å². The van der Waals surface area contributed by atoms with Gasteiger partial charge in [-0.05, 0) is 39.5 Å². The highest BCUT2D eigenvalue weighted by atomic mass is 16.4. The van der Waals surface area contributed by atoms with Gasteiger partial charge in [0.25, 0.3) is 0 Å². The largest absolute Gasteiger partial charge is 0.481 e. The molecule has 1 saturated carbocycles. The first-order chi connectivity index (χ1) is 9.51. The topological polar surface area (TPSA) is 81.1 Å². The Hall–Kier alpha value is -1.30. The molecule has 6 heteroatoms. The Morgan fingerprint density at radius 1 is 1.35 bits per heavy atom. The maximum Gasteiger partial charge on any atom is 0.320 e. The molecule has 20 heavy (non-hydrogen) atoms. The Balaban J connectivity index is 2.70. The quantitative estimate of drug-likeness (QED) is 0.709. The molecule has 0 aromatic rings. The summed E-state index contributed by atoms with van der Waals surface area (Å²) in [6.45, 7) is 4.72. The third-order valence-corrected chi connectivity index (χ3v) is 3.91. The zero-order chi connectivity index (χ0) is 15.1. The summed E-state index contributed by atoms with van der Waals surface area (Å²) in [6.07, 6.45) is 3.65. The molecule has 0 heterocycles. The number of nitrogens with zero attached hydrogens (tertiary/aromatic N) is 2. The van der Waals surface area contributed by atoms with Crippen LogP contribution < -0.4 is 0 Å². The number of hydrogen-bond donors (Lipinski definition) is 2. The molecule has 1 rings (SSSR count). The molecule has 0 aromatic carbocycles. The summed E-state index contributed by atoms with van der Waals surface area (Å²) < 4.78 is 0. The van der Waals surface area contributed by atoms with Crippen molar-refractivity contribution in [1.82, 2.24) is 9.80 Å². The number of carbonyl (C=O) groups is 2. The number of carboxylic acid groups (broad SMARTS) is 1. The Morgan fingerprint density at radius 2 is 2.00 bits per heavy atom. The molecule has 6 nitrogen and oxygen atoms in total. The van der Waals surface area contributed by atoms with Gasteiger partial charge in [0, 0.05) is 31.8 Å². The minimum absolute atomic E-state index is 0.0436. The van der Waals surface area contributed by atoms with Crippen molar-refractivity contribution in [2.45, 2.75) is 58.0 Å². The second-order valence-electron chi connectivity index (χ2n) is 5.37. The van der Waals surface area contributed by atoms with E-state index in [9.17, 15) is 9.59 Å². The van der Waals surface area contributed by atoms with Crippen LogP contribution in [0.25, 0.3) is 0 Å². The van der Waals surface area contributed by atoms with Crippen molar-refractivity contribution in [3.8, 4) is 0 Å². The Morgan fingerprint density at radius 3 is 2.40 bits per heavy atom. The third-order valence-electron chi connectivity index (χ3n) is 3.91. The SMILES string of the molecule is CCN(C(=O)N(CCCO)C1CCC1)C(C)CC(=O)O. The van der Waals surface area contributed by atoms with Gasteiger partial charge in [0.2, 0.25) is 0 Å². The normalized spacial score (nSPS) is 16.4. The number of aliphatic hydroxyl groups is 1. The van der Waals surface area contributed by atoms with E-state index in [-0.39, 0.29) is 31.1 Å². The van der Waals surface area contributed by atoms with Crippen molar-refractivity contribution >= 4 is 12.0 Å². The fourth-order valence-corrected chi connectivity index (χ4v) is 2.54. The van der Waals surface area contributed by atoms with Crippen LogP contribution in [0.1, 0.15) is 46.0 Å². The summed E-state index contributed by atoms with van der Waals surface area (Å²) >= 11 is 0. The molecule has 0 aliphatic heterocycles. The second kappa shape index (κ2) is 8.09. The molecule has 0 aromatic heterocycles. The molecule has 0 spiro atoms. The molecule has 1 aliphatic carbocycles. The number of amides is 2. The number of aliphatic hydroxyl groups excluding tert-OH is 1. The van der Waals surface area contributed by atoms with Gasteiger partial charge in [-0.2, -0.15) is 0 Å². The van der Waals surface area contributed by atoms with E-state index < -0.39 is 5.97 Å². The van der Waals surface area contributed by atoms with Crippen LogP contribution in [-0.2, 0) is 4.79 Å². The molecule has 0 bridgehead atoms. The Labute approximate surface area is 120 Å². The summed E-state index contributed by atoms with van der Waals surface area (Å²) in [6, 6.07) is -0.166. The number of hydrogen-bond acceptors (Lipinski definition) is 3. The summed E-state index contributed by atoms with van der Waals surface area (Å²) in [5, 5.41) is 17.8. The first kappa shape index (κ1) is 16.8. The lowest BCUT2D eigenvalue weighted by atomic mass is 9.91. The van der Waals surface area contributed by atoms with Gasteiger partial charge in [0.05, 0.1) is 6.42 Å². The fraction of sp³-hybridized carbons (Fsp3) is 0.857. The maximum atomic E-state index is 12.6. The van der Waals surface area contributed by atoms with Gasteiger partial charge in [-0.3, -0.25) is 4.79 Å². The molecule has 116 valence electrons. The van der Waals surface area contributed by atoms with E-state index in [1.807, 2.05) is 11.8 Å². The third kappa shape index (κ3) is 4.37. The number of aliphatic carboxylic acids is 1. The predicted octanol–water partition coefficient (Wildman–Crippen LogP) is 1.53. The highest BCUT2D eigenvalue weighted by molar-refractivity contribution is 5.76. The lowest BCUT2D eigenvalue weighted by Gasteiger charge is -2.41. The van der Waals surface area contributed by atoms with Crippen LogP contribution in [0.15, 0.2) is 0 Å². The van der Waals surface area contributed by atoms with Crippen LogP contribution in [0.2, 0.25) is 0 Å². The molecule has 0 radical (unpaired) electrons.